The predicted molar refractivity (Wildman–Crippen MR) is 79.6 cm³/mol. The van der Waals surface area contributed by atoms with Crippen molar-refractivity contribution in [2.45, 2.75) is 50.8 Å². The van der Waals surface area contributed by atoms with Gasteiger partial charge in [-0.2, -0.15) is 0 Å². The summed E-state index contributed by atoms with van der Waals surface area (Å²) >= 11 is 1.23. The van der Waals surface area contributed by atoms with Gasteiger partial charge in [0, 0.05) is 12.5 Å². The lowest BCUT2D eigenvalue weighted by Crippen LogP contribution is -2.74. The standard InChI is InChI=1S/C14H18N2O5S/c1-7(18)15-9-11(19)16-10(13(20)21-14(2,3)4)8(5-17)6-22-12(9)16/h5-6,9-10,12H,1-4H3,(H,15,18)/t9?,10?,12-/m1/s1. The van der Waals surface area contributed by atoms with Crippen LogP contribution in [0.1, 0.15) is 27.7 Å². The van der Waals surface area contributed by atoms with Gasteiger partial charge in [-0.05, 0) is 26.2 Å². The molecule has 0 aromatic carbocycles. The van der Waals surface area contributed by atoms with Crippen LogP contribution < -0.4 is 5.32 Å². The lowest BCUT2D eigenvalue weighted by atomic mass is 9.98. The number of nitrogens with one attached hydrogen (secondary N) is 1. The summed E-state index contributed by atoms with van der Waals surface area (Å²) in [5.74, 6) is -1.36. The van der Waals surface area contributed by atoms with E-state index in [4.69, 9.17) is 4.74 Å². The van der Waals surface area contributed by atoms with E-state index in [1.807, 2.05) is 0 Å². The first-order chi connectivity index (χ1) is 10.2. The second-order valence-electron chi connectivity index (χ2n) is 6.12. The van der Waals surface area contributed by atoms with Gasteiger partial charge in [-0.15, -0.1) is 11.8 Å². The monoisotopic (exact) mass is 326 g/mol. The summed E-state index contributed by atoms with van der Waals surface area (Å²) in [5, 5.41) is 3.69. The number of fused-ring (bicyclic) bond motifs is 1. The molecule has 0 aliphatic carbocycles. The summed E-state index contributed by atoms with van der Waals surface area (Å²) in [4.78, 5) is 48.2. The summed E-state index contributed by atoms with van der Waals surface area (Å²) in [6.07, 6.45) is 0.552. The molecule has 2 heterocycles. The van der Waals surface area contributed by atoms with E-state index < -0.39 is 34.9 Å². The fraction of sp³-hybridized carbons (Fsp3) is 0.571. The van der Waals surface area contributed by atoms with E-state index in [0.29, 0.717) is 6.29 Å². The maximum atomic E-state index is 12.3. The Hall–Kier alpha value is -1.83. The van der Waals surface area contributed by atoms with Crippen molar-refractivity contribution < 1.29 is 23.9 Å². The molecule has 0 aromatic rings. The normalized spacial score (nSPS) is 27.3. The zero-order chi connectivity index (χ0) is 16.7. The highest BCUT2D eigenvalue weighted by atomic mass is 32.2. The van der Waals surface area contributed by atoms with E-state index in [1.54, 1.807) is 26.2 Å². The van der Waals surface area contributed by atoms with E-state index in [9.17, 15) is 19.2 Å². The molecule has 2 amide bonds. The highest BCUT2D eigenvalue weighted by Gasteiger charge is 2.56. The van der Waals surface area contributed by atoms with E-state index in [-0.39, 0.29) is 11.5 Å². The third-order valence-electron chi connectivity index (χ3n) is 3.14. The van der Waals surface area contributed by atoms with Gasteiger partial charge in [-0.1, -0.05) is 0 Å². The van der Waals surface area contributed by atoms with Crippen molar-refractivity contribution >= 4 is 35.8 Å². The molecule has 2 aliphatic heterocycles. The summed E-state index contributed by atoms with van der Waals surface area (Å²) in [7, 11) is 0. The van der Waals surface area contributed by atoms with Crippen LogP contribution in [0.15, 0.2) is 11.0 Å². The van der Waals surface area contributed by atoms with Gasteiger partial charge in [0.2, 0.25) is 11.8 Å². The Bertz CT molecular complexity index is 566. The zero-order valence-electron chi connectivity index (χ0n) is 12.8. The molecular weight excluding hydrogens is 308 g/mol. The van der Waals surface area contributed by atoms with Gasteiger partial charge in [0.05, 0.1) is 0 Å². The third kappa shape index (κ3) is 3.01. The van der Waals surface area contributed by atoms with Gasteiger partial charge in [0.15, 0.2) is 6.04 Å². The quantitative estimate of drug-likeness (QED) is 0.452. The van der Waals surface area contributed by atoms with Crippen molar-refractivity contribution in [1.82, 2.24) is 10.2 Å². The van der Waals surface area contributed by atoms with Crippen molar-refractivity contribution in [3.63, 3.8) is 0 Å². The Kier molecular flexibility index (Phi) is 4.32. The number of hydrogen-bond donors (Lipinski definition) is 1. The molecule has 0 radical (unpaired) electrons. The number of carbonyl (C=O) groups excluding carboxylic acids is 4. The summed E-state index contributed by atoms with van der Waals surface area (Å²) in [6.45, 7) is 6.45. The van der Waals surface area contributed by atoms with E-state index in [2.05, 4.69) is 5.32 Å². The lowest BCUT2D eigenvalue weighted by molar-refractivity contribution is -0.170. The number of esters is 1. The summed E-state index contributed by atoms with van der Waals surface area (Å²) in [5.41, 5.74) is -0.541. The molecule has 0 aromatic heterocycles. The molecule has 8 heteroatoms. The first kappa shape index (κ1) is 16.5. The molecule has 7 nitrogen and oxygen atoms in total. The largest absolute Gasteiger partial charge is 0.458 e. The van der Waals surface area contributed by atoms with Crippen molar-refractivity contribution in [3.8, 4) is 0 Å². The number of hydrogen-bond acceptors (Lipinski definition) is 6. The summed E-state index contributed by atoms with van der Waals surface area (Å²) < 4.78 is 5.30. The highest BCUT2D eigenvalue weighted by molar-refractivity contribution is 8.03. The van der Waals surface area contributed by atoms with Gasteiger partial charge in [-0.25, -0.2) is 4.79 Å². The molecule has 120 valence electrons. The minimum Gasteiger partial charge on any atom is -0.458 e. The fourth-order valence-corrected chi connectivity index (χ4v) is 3.51. The smallest absolute Gasteiger partial charge is 0.334 e. The van der Waals surface area contributed by atoms with Crippen molar-refractivity contribution in [1.29, 1.82) is 0 Å². The average Bonchev–Trinajstić information content (AvgIpc) is 2.40. The molecule has 0 bridgehead atoms. The molecule has 1 fully saturated rings. The minimum absolute atomic E-state index is 0.185. The van der Waals surface area contributed by atoms with Gasteiger partial charge in [0.25, 0.3) is 0 Å². The molecule has 22 heavy (non-hydrogen) atoms. The fourth-order valence-electron chi connectivity index (χ4n) is 2.33. The molecule has 2 aliphatic rings. The number of aldehydes is 1. The van der Waals surface area contributed by atoms with Crippen LogP contribution in [0.4, 0.5) is 0 Å². The number of β-lactam (4-membered cyclic amide) rings is 1. The second kappa shape index (κ2) is 5.75. The average molecular weight is 326 g/mol. The minimum atomic E-state index is -1.06. The lowest BCUT2D eigenvalue weighted by Gasteiger charge is -2.51. The second-order valence-corrected chi connectivity index (χ2v) is 7.11. The molecule has 0 saturated carbocycles. The third-order valence-corrected chi connectivity index (χ3v) is 4.33. The maximum absolute atomic E-state index is 12.3. The first-order valence-corrected chi connectivity index (χ1v) is 7.73. The van der Waals surface area contributed by atoms with Crippen molar-refractivity contribution in [2.24, 2.45) is 0 Å². The number of carbonyl (C=O) groups is 4. The van der Waals surface area contributed by atoms with Gasteiger partial charge >= 0.3 is 5.97 Å². The molecule has 2 rings (SSSR count). The van der Waals surface area contributed by atoms with Crippen LogP contribution in [0.25, 0.3) is 0 Å². The van der Waals surface area contributed by atoms with Crippen molar-refractivity contribution in [2.75, 3.05) is 0 Å². The highest BCUT2D eigenvalue weighted by Crippen LogP contribution is 2.40. The number of rotatable bonds is 3. The summed E-state index contributed by atoms with van der Waals surface area (Å²) in [6, 6.07) is -1.74. The molecule has 3 atom stereocenters. The van der Waals surface area contributed by atoms with Crippen LogP contribution in [0, 0.1) is 0 Å². The molecular formula is C14H18N2O5S. The Morgan fingerprint density at radius 2 is 2.05 bits per heavy atom. The van der Waals surface area contributed by atoms with E-state index in [0.717, 1.165) is 0 Å². The van der Waals surface area contributed by atoms with Gasteiger partial charge in [0.1, 0.15) is 23.3 Å². The van der Waals surface area contributed by atoms with Crippen LogP contribution in [-0.2, 0) is 23.9 Å². The molecule has 0 spiro atoms. The van der Waals surface area contributed by atoms with Crippen molar-refractivity contribution in [3.05, 3.63) is 11.0 Å². The topological polar surface area (TPSA) is 92.8 Å². The van der Waals surface area contributed by atoms with Crippen LogP contribution in [0.5, 0.6) is 0 Å². The first-order valence-electron chi connectivity index (χ1n) is 6.78. The number of ether oxygens (including phenoxy) is 1. The Morgan fingerprint density at radius 1 is 1.41 bits per heavy atom. The predicted octanol–water partition coefficient (Wildman–Crippen LogP) is 0.199. The molecule has 1 N–H and O–H groups in total. The van der Waals surface area contributed by atoms with Crippen LogP contribution in [-0.4, -0.2) is 52.0 Å². The van der Waals surface area contributed by atoms with Gasteiger partial charge in [-0.3, -0.25) is 14.4 Å². The van der Waals surface area contributed by atoms with Gasteiger partial charge < -0.3 is 15.0 Å². The Balaban J connectivity index is 2.24. The maximum Gasteiger partial charge on any atom is 0.334 e. The van der Waals surface area contributed by atoms with Crippen LogP contribution in [0.3, 0.4) is 0 Å². The van der Waals surface area contributed by atoms with E-state index in [1.165, 1.54) is 23.6 Å². The molecule has 1 saturated heterocycles. The number of nitrogens with zero attached hydrogens (tertiary/aromatic N) is 1. The SMILES string of the molecule is CC(=O)NC1C(=O)N2C(C(=O)OC(C)(C)C)C(C=O)=CS[C@H]12. The molecule has 2 unspecified atom stereocenters. The number of thioether (sulfide) groups is 1. The van der Waals surface area contributed by atoms with E-state index >= 15 is 0 Å². The number of amides is 2. The van der Waals surface area contributed by atoms with Crippen LogP contribution >= 0.6 is 11.8 Å². The Labute approximate surface area is 132 Å². The van der Waals surface area contributed by atoms with Crippen LogP contribution in [0.2, 0.25) is 0 Å². The zero-order valence-corrected chi connectivity index (χ0v) is 13.6. The Morgan fingerprint density at radius 3 is 2.55 bits per heavy atom.